The minimum atomic E-state index is -0.446. The molecule has 0 N–H and O–H groups in total. The number of rotatable bonds is 3. The van der Waals surface area contributed by atoms with E-state index in [0.29, 0.717) is 0 Å². The molecule has 0 aliphatic rings. The van der Waals surface area contributed by atoms with Gasteiger partial charge in [0.05, 0.1) is 0 Å². The van der Waals surface area contributed by atoms with Crippen LogP contribution >= 0.6 is 7.92 Å². The first-order valence-electron chi connectivity index (χ1n) is 6.40. The van der Waals surface area contributed by atoms with Gasteiger partial charge in [0, 0.05) is 0 Å². The monoisotopic (exact) mass is 475 g/mol. The second-order valence-corrected chi connectivity index (χ2v) is 6.56. The minimum Gasteiger partial charge on any atom is -0.0776 e. The SMILES string of the molecule is C.[Au+].c1ccc(P(c2ccccc2)c2ccccc2)cc1. The summed E-state index contributed by atoms with van der Waals surface area (Å²) in [7, 11) is -0.446. The summed E-state index contributed by atoms with van der Waals surface area (Å²) in [6.45, 7) is 0. The number of benzene rings is 3. The molecule has 0 nitrogen and oxygen atoms in total. The van der Waals surface area contributed by atoms with Crippen LogP contribution in [0.5, 0.6) is 0 Å². The minimum absolute atomic E-state index is 0. The first kappa shape index (κ1) is 17.9. The van der Waals surface area contributed by atoms with E-state index in [9.17, 15) is 0 Å². The maximum absolute atomic E-state index is 2.23. The summed E-state index contributed by atoms with van der Waals surface area (Å²) in [6, 6.07) is 32.3. The zero-order valence-electron chi connectivity index (χ0n) is 10.9. The Labute approximate surface area is 144 Å². The summed E-state index contributed by atoms with van der Waals surface area (Å²) in [4.78, 5) is 0. The Balaban J connectivity index is 0.00000110. The molecule has 3 aromatic rings. The van der Waals surface area contributed by atoms with Crippen molar-refractivity contribution < 1.29 is 22.4 Å². The van der Waals surface area contributed by atoms with Crippen molar-refractivity contribution in [2.75, 3.05) is 0 Å². The van der Waals surface area contributed by atoms with Gasteiger partial charge in [-0.2, -0.15) is 0 Å². The molecule has 0 saturated heterocycles. The Morgan fingerprint density at radius 2 is 0.667 bits per heavy atom. The van der Waals surface area contributed by atoms with E-state index in [1.807, 2.05) is 0 Å². The van der Waals surface area contributed by atoms with Crippen molar-refractivity contribution in [3.63, 3.8) is 0 Å². The average molecular weight is 475 g/mol. The van der Waals surface area contributed by atoms with Crippen LogP contribution in [-0.4, -0.2) is 0 Å². The molecule has 0 atom stereocenters. The molecule has 0 aromatic heterocycles. The normalized spacial score (nSPS) is 9.57. The molecule has 0 heterocycles. The van der Waals surface area contributed by atoms with Gasteiger partial charge in [0.2, 0.25) is 0 Å². The van der Waals surface area contributed by atoms with Gasteiger partial charge < -0.3 is 0 Å². The zero-order chi connectivity index (χ0) is 12.9. The molecule has 0 amide bonds. The van der Waals surface area contributed by atoms with Gasteiger partial charge in [0.15, 0.2) is 0 Å². The van der Waals surface area contributed by atoms with Crippen molar-refractivity contribution in [2.24, 2.45) is 0 Å². The summed E-state index contributed by atoms with van der Waals surface area (Å²) < 4.78 is 0. The third kappa shape index (κ3) is 4.40. The summed E-state index contributed by atoms with van der Waals surface area (Å²) in [6.07, 6.45) is 0. The quantitative estimate of drug-likeness (QED) is 0.396. The molecule has 0 aliphatic heterocycles. The predicted molar refractivity (Wildman–Crippen MR) is 91.9 cm³/mol. The largest absolute Gasteiger partial charge is 1.00 e. The molecule has 0 spiro atoms. The van der Waals surface area contributed by atoms with Gasteiger partial charge in [-0.1, -0.05) is 98.4 Å². The van der Waals surface area contributed by atoms with Gasteiger partial charge in [0.25, 0.3) is 0 Å². The Hall–Kier alpha value is -1.17. The second-order valence-electron chi connectivity index (χ2n) is 4.34. The van der Waals surface area contributed by atoms with E-state index >= 15 is 0 Å². The van der Waals surface area contributed by atoms with E-state index < -0.39 is 7.92 Å². The van der Waals surface area contributed by atoms with Gasteiger partial charge >= 0.3 is 22.4 Å². The van der Waals surface area contributed by atoms with Gasteiger partial charge in [-0.25, -0.2) is 0 Å². The van der Waals surface area contributed by atoms with Crippen molar-refractivity contribution >= 4 is 23.8 Å². The molecular weight excluding hydrogens is 456 g/mol. The molecule has 0 fully saturated rings. The van der Waals surface area contributed by atoms with Crippen LogP contribution in [0.2, 0.25) is 0 Å². The fourth-order valence-corrected chi connectivity index (χ4v) is 4.48. The summed E-state index contributed by atoms with van der Waals surface area (Å²) >= 11 is 0. The molecular formula is C19H19AuP+. The van der Waals surface area contributed by atoms with Crippen LogP contribution in [0.15, 0.2) is 91.0 Å². The first-order chi connectivity index (χ1) is 9.45. The van der Waals surface area contributed by atoms with E-state index in [2.05, 4.69) is 91.0 Å². The van der Waals surface area contributed by atoms with Crippen molar-refractivity contribution in [1.82, 2.24) is 0 Å². The van der Waals surface area contributed by atoms with Gasteiger partial charge in [-0.15, -0.1) is 0 Å². The van der Waals surface area contributed by atoms with Crippen molar-refractivity contribution in [1.29, 1.82) is 0 Å². The van der Waals surface area contributed by atoms with Crippen LogP contribution in [0.4, 0.5) is 0 Å². The Morgan fingerprint density at radius 1 is 0.429 bits per heavy atom. The predicted octanol–water partition coefficient (Wildman–Crippen LogP) is 4.08. The third-order valence-electron chi connectivity index (χ3n) is 3.04. The first-order valence-corrected chi connectivity index (χ1v) is 7.74. The summed E-state index contributed by atoms with van der Waals surface area (Å²) in [5.74, 6) is 0. The smallest absolute Gasteiger partial charge is 0.0776 e. The molecule has 0 bridgehead atoms. The molecule has 0 radical (unpaired) electrons. The van der Waals surface area contributed by atoms with Gasteiger partial charge in [-0.3, -0.25) is 0 Å². The van der Waals surface area contributed by atoms with E-state index in [4.69, 9.17) is 0 Å². The molecule has 3 rings (SSSR count). The van der Waals surface area contributed by atoms with E-state index in [1.165, 1.54) is 15.9 Å². The Morgan fingerprint density at radius 3 is 0.905 bits per heavy atom. The Bertz CT molecular complexity index is 530. The van der Waals surface area contributed by atoms with E-state index in [1.54, 1.807) is 0 Å². The van der Waals surface area contributed by atoms with Crippen LogP contribution in [-0.2, 0) is 22.4 Å². The van der Waals surface area contributed by atoms with Gasteiger partial charge in [-0.05, 0) is 23.8 Å². The second kappa shape index (κ2) is 8.97. The van der Waals surface area contributed by atoms with Gasteiger partial charge in [0.1, 0.15) is 0 Å². The average Bonchev–Trinajstić information content (AvgIpc) is 2.51. The van der Waals surface area contributed by atoms with E-state index in [0.717, 1.165) is 0 Å². The van der Waals surface area contributed by atoms with Crippen molar-refractivity contribution in [3.8, 4) is 0 Å². The molecule has 0 aliphatic carbocycles. The summed E-state index contributed by atoms with van der Waals surface area (Å²) in [5.41, 5.74) is 0. The maximum atomic E-state index is 2.23. The van der Waals surface area contributed by atoms with Crippen LogP contribution < -0.4 is 15.9 Å². The van der Waals surface area contributed by atoms with E-state index in [-0.39, 0.29) is 29.8 Å². The fraction of sp³-hybridized carbons (Fsp3) is 0.0526. The molecule has 21 heavy (non-hydrogen) atoms. The Kier molecular flexibility index (Phi) is 7.64. The van der Waals surface area contributed by atoms with Crippen molar-refractivity contribution in [2.45, 2.75) is 7.43 Å². The molecule has 0 unspecified atom stereocenters. The topological polar surface area (TPSA) is 0 Å². The third-order valence-corrected chi connectivity index (χ3v) is 5.49. The van der Waals surface area contributed by atoms with Crippen LogP contribution in [0.25, 0.3) is 0 Å². The van der Waals surface area contributed by atoms with Crippen LogP contribution in [0, 0.1) is 0 Å². The molecule has 2 heteroatoms. The maximum Gasteiger partial charge on any atom is 1.00 e. The molecule has 3 aromatic carbocycles. The molecule has 0 saturated carbocycles. The van der Waals surface area contributed by atoms with Crippen LogP contribution in [0.1, 0.15) is 7.43 Å². The van der Waals surface area contributed by atoms with Crippen molar-refractivity contribution in [3.05, 3.63) is 91.0 Å². The fourth-order valence-electron chi connectivity index (χ4n) is 2.18. The molecule has 110 valence electrons. The zero-order valence-corrected chi connectivity index (χ0v) is 14.0. The van der Waals surface area contributed by atoms with Crippen LogP contribution in [0.3, 0.4) is 0 Å². The number of hydrogen-bond donors (Lipinski definition) is 0. The number of hydrogen-bond acceptors (Lipinski definition) is 0. The summed E-state index contributed by atoms with van der Waals surface area (Å²) in [5, 5.41) is 4.19. The standard InChI is InChI=1S/C18H15P.CH4.Au/c1-4-10-16(11-5-1)19(17-12-6-2-7-13-17)18-14-8-3-9-15-18;;/h1-15H;1H4;/q;;+1.